The first-order valence-corrected chi connectivity index (χ1v) is 12.2. The molecule has 0 amide bonds. The van der Waals surface area contributed by atoms with Gasteiger partial charge in [-0.25, -0.2) is 0 Å². The Morgan fingerprint density at radius 2 is 1.49 bits per heavy atom. The molecule has 0 fully saturated rings. The van der Waals surface area contributed by atoms with Crippen molar-refractivity contribution in [3.63, 3.8) is 0 Å². The molecule has 0 saturated heterocycles. The number of aliphatic hydroxyl groups excluding tert-OH is 2. The number of thiophene rings is 1. The van der Waals surface area contributed by atoms with Crippen LogP contribution in [0.2, 0.25) is 0 Å². The second-order valence-electron chi connectivity index (χ2n) is 7.90. The number of carbonyl (C=O) groups excluding carboxylic acids is 1. The number of hydrogen-bond donors (Lipinski definition) is 4. The van der Waals surface area contributed by atoms with Gasteiger partial charge in [-0.15, -0.1) is 11.3 Å². The molecule has 0 radical (unpaired) electrons. The Kier molecular flexibility index (Phi) is 8.20. The summed E-state index contributed by atoms with van der Waals surface area (Å²) in [6.07, 6.45) is 8.57. The van der Waals surface area contributed by atoms with Crippen LogP contribution in [0.5, 0.6) is 11.5 Å². The third-order valence-corrected chi connectivity index (χ3v) is 6.32. The lowest BCUT2D eigenvalue weighted by Gasteiger charge is -2.33. The molecule has 1 aromatic heterocycles. The maximum absolute atomic E-state index is 11.4. The standard InChI is InChI=1S/C27H28N2O5S/c30-15-13-28-22-7-3-1-5-20(22)9-11-27(19-33-26-24(34-27)18-35-25(26)17-32)12-10-21-6-2-4-8-23(21)29-14-16-31/h1-12,17-18,28-31H,13-16,19H2. The van der Waals surface area contributed by atoms with Crippen molar-refractivity contribution in [1.29, 1.82) is 0 Å². The predicted molar refractivity (Wildman–Crippen MR) is 141 cm³/mol. The molecule has 0 spiro atoms. The summed E-state index contributed by atoms with van der Waals surface area (Å²) in [6.45, 7) is 1.14. The molecule has 0 atom stereocenters. The van der Waals surface area contributed by atoms with Crippen molar-refractivity contribution in [3.05, 3.63) is 82.1 Å². The van der Waals surface area contributed by atoms with Crippen molar-refractivity contribution in [3.8, 4) is 11.5 Å². The van der Waals surface area contributed by atoms with Crippen LogP contribution in [0.25, 0.3) is 12.2 Å². The number of aliphatic hydroxyl groups is 2. The highest BCUT2D eigenvalue weighted by Crippen LogP contribution is 2.43. The first-order chi connectivity index (χ1) is 17.2. The average molecular weight is 493 g/mol. The van der Waals surface area contributed by atoms with Crippen molar-refractivity contribution in [1.82, 2.24) is 0 Å². The van der Waals surface area contributed by atoms with Crippen molar-refractivity contribution >= 4 is 41.1 Å². The van der Waals surface area contributed by atoms with E-state index >= 15 is 0 Å². The molecule has 35 heavy (non-hydrogen) atoms. The van der Waals surface area contributed by atoms with E-state index in [9.17, 15) is 15.0 Å². The van der Waals surface area contributed by atoms with Crippen LogP contribution < -0.4 is 20.1 Å². The highest BCUT2D eigenvalue weighted by molar-refractivity contribution is 7.12. The number of aldehydes is 1. The summed E-state index contributed by atoms with van der Waals surface area (Å²) in [5.74, 6) is 0.994. The smallest absolute Gasteiger partial charge is 0.182 e. The van der Waals surface area contributed by atoms with Crippen molar-refractivity contribution < 1.29 is 24.5 Å². The molecule has 2 aromatic carbocycles. The topological polar surface area (TPSA) is 100 Å². The first kappa shape index (κ1) is 24.5. The molecule has 4 N–H and O–H groups in total. The molecule has 0 aliphatic carbocycles. The quantitative estimate of drug-likeness (QED) is 0.296. The molecule has 0 unspecified atom stereocenters. The zero-order chi connectivity index (χ0) is 24.5. The van der Waals surface area contributed by atoms with E-state index in [1.165, 1.54) is 11.3 Å². The van der Waals surface area contributed by atoms with Gasteiger partial charge in [0.05, 0.1) is 13.2 Å². The molecule has 4 rings (SSSR count). The summed E-state index contributed by atoms with van der Waals surface area (Å²) < 4.78 is 12.4. The summed E-state index contributed by atoms with van der Waals surface area (Å²) in [7, 11) is 0. The lowest BCUT2D eigenvalue weighted by molar-refractivity contribution is 0.0679. The molecule has 7 nitrogen and oxygen atoms in total. The van der Waals surface area contributed by atoms with Crippen molar-refractivity contribution in [2.45, 2.75) is 5.60 Å². The number of para-hydroxylation sites is 2. The number of benzene rings is 2. The fourth-order valence-electron chi connectivity index (χ4n) is 3.73. The molecule has 8 heteroatoms. The normalized spacial score (nSPS) is 17.1. The molecule has 2 heterocycles. The van der Waals surface area contributed by atoms with Gasteiger partial charge in [-0.2, -0.15) is 0 Å². The van der Waals surface area contributed by atoms with Gasteiger partial charge in [-0.1, -0.05) is 48.6 Å². The number of nitrogens with one attached hydrogen (secondary N) is 2. The van der Waals surface area contributed by atoms with E-state index in [1.54, 1.807) is 5.38 Å². The van der Waals surface area contributed by atoms with Crippen LogP contribution in [0.3, 0.4) is 0 Å². The van der Waals surface area contributed by atoms with E-state index in [1.807, 2.05) is 72.8 Å². The van der Waals surface area contributed by atoms with Crippen LogP contribution in [0, 0.1) is 0 Å². The Balaban J connectivity index is 1.69. The van der Waals surface area contributed by atoms with Crippen LogP contribution in [0.1, 0.15) is 20.8 Å². The number of ether oxygens (including phenoxy) is 2. The van der Waals surface area contributed by atoms with Gasteiger partial charge in [0.1, 0.15) is 11.5 Å². The van der Waals surface area contributed by atoms with Crippen LogP contribution in [-0.2, 0) is 0 Å². The summed E-state index contributed by atoms with van der Waals surface area (Å²) in [6, 6.07) is 15.6. The lowest BCUT2D eigenvalue weighted by atomic mass is 9.98. The van der Waals surface area contributed by atoms with Gasteiger partial charge in [-0.05, 0) is 35.4 Å². The lowest BCUT2D eigenvalue weighted by Crippen LogP contribution is -2.41. The molecular weight excluding hydrogens is 464 g/mol. The van der Waals surface area contributed by atoms with Gasteiger partial charge in [-0.3, -0.25) is 4.79 Å². The van der Waals surface area contributed by atoms with E-state index in [2.05, 4.69) is 10.6 Å². The highest BCUT2D eigenvalue weighted by atomic mass is 32.1. The summed E-state index contributed by atoms with van der Waals surface area (Å²) in [5, 5.41) is 26.6. The second-order valence-corrected chi connectivity index (χ2v) is 8.81. The number of anilines is 2. The van der Waals surface area contributed by atoms with Crippen molar-refractivity contribution in [2.75, 3.05) is 43.5 Å². The van der Waals surface area contributed by atoms with E-state index < -0.39 is 5.60 Å². The summed E-state index contributed by atoms with van der Waals surface area (Å²) >= 11 is 1.28. The van der Waals surface area contributed by atoms with E-state index in [0.717, 1.165) is 28.8 Å². The SMILES string of the molecule is O=Cc1scc2c1OCC(C=Cc1ccccc1NCCO)(C=Cc1ccccc1NCCO)O2. The predicted octanol–water partition coefficient (Wildman–Crippen LogP) is 4.31. The molecular formula is C27H28N2O5S. The maximum Gasteiger partial charge on any atom is 0.182 e. The minimum Gasteiger partial charge on any atom is -0.483 e. The molecule has 3 aromatic rings. The zero-order valence-corrected chi connectivity index (χ0v) is 20.0. The van der Waals surface area contributed by atoms with E-state index in [0.29, 0.717) is 29.5 Å². The number of hydrogen-bond acceptors (Lipinski definition) is 8. The number of carbonyl (C=O) groups is 1. The van der Waals surface area contributed by atoms with Crippen LogP contribution >= 0.6 is 11.3 Å². The molecule has 1 aliphatic heterocycles. The monoisotopic (exact) mass is 492 g/mol. The van der Waals surface area contributed by atoms with Gasteiger partial charge >= 0.3 is 0 Å². The summed E-state index contributed by atoms with van der Waals surface area (Å²) in [4.78, 5) is 11.9. The molecule has 0 bridgehead atoms. The Morgan fingerprint density at radius 1 is 0.914 bits per heavy atom. The summed E-state index contributed by atoms with van der Waals surface area (Å²) in [5.41, 5.74) is 2.74. The second kappa shape index (κ2) is 11.7. The first-order valence-electron chi connectivity index (χ1n) is 11.3. The fourth-order valence-corrected chi connectivity index (χ4v) is 4.44. The van der Waals surface area contributed by atoms with E-state index in [-0.39, 0.29) is 19.8 Å². The van der Waals surface area contributed by atoms with Crippen molar-refractivity contribution in [2.24, 2.45) is 0 Å². The zero-order valence-electron chi connectivity index (χ0n) is 19.1. The van der Waals surface area contributed by atoms with Gasteiger partial charge in [0, 0.05) is 29.8 Å². The Hall–Kier alpha value is -3.59. The minimum atomic E-state index is -0.928. The van der Waals surface area contributed by atoms with Gasteiger partial charge in [0.15, 0.2) is 23.4 Å². The number of fused-ring (bicyclic) bond motifs is 1. The van der Waals surface area contributed by atoms with Gasteiger partial charge in [0.25, 0.3) is 0 Å². The number of rotatable bonds is 11. The van der Waals surface area contributed by atoms with Gasteiger partial charge < -0.3 is 30.3 Å². The van der Waals surface area contributed by atoms with Crippen LogP contribution in [0.4, 0.5) is 11.4 Å². The van der Waals surface area contributed by atoms with E-state index in [4.69, 9.17) is 9.47 Å². The third-order valence-electron chi connectivity index (χ3n) is 5.46. The Morgan fingerprint density at radius 3 is 2.03 bits per heavy atom. The maximum atomic E-state index is 11.4. The van der Waals surface area contributed by atoms with Gasteiger partial charge in [0.2, 0.25) is 0 Å². The third kappa shape index (κ3) is 5.92. The van der Waals surface area contributed by atoms with Crippen LogP contribution in [0.15, 0.2) is 66.1 Å². The highest BCUT2D eigenvalue weighted by Gasteiger charge is 2.35. The Bertz CT molecular complexity index is 1140. The Labute approximate surface area is 208 Å². The molecule has 0 saturated carbocycles. The molecule has 1 aliphatic rings. The molecule has 182 valence electrons. The fraction of sp³-hybridized carbons (Fsp3) is 0.222. The largest absolute Gasteiger partial charge is 0.483 e. The average Bonchev–Trinajstić information content (AvgIpc) is 3.31. The van der Waals surface area contributed by atoms with Crippen LogP contribution in [-0.4, -0.2) is 55.0 Å². The minimum absolute atomic E-state index is 0.0331.